The van der Waals surface area contributed by atoms with Crippen LogP contribution in [0.5, 0.6) is 11.5 Å². The highest BCUT2D eigenvalue weighted by molar-refractivity contribution is 9.10. The average Bonchev–Trinajstić information content (AvgIpc) is 2.91. The molecule has 0 radical (unpaired) electrons. The largest absolute Gasteiger partial charge is 0.493 e. The molecule has 2 amide bonds. The maximum absolute atomic E-state index is 12.8. The molecule has 0 unspecified atom stereocenters. The number of hydrogen-bond donors (Lipinski definition) is 0. The molecule has 5 nitrogen and oxygen atoms in total. The molecule has 8 heteroatoms. The Morgan fingerprint density at radius 1 is 1.22 bits per heavy atom. The molecular formula is C19H15BrClNO4S. The number of anilines is 1. The Labute approximate surface area is 174 Å². The summed E-state index contributed by atoms with van der Waals surface area (Å²) in [7, 11) is 1.56. The van der Waals surface area contributed by atoms with Gasteiger partial charge in [-0.1, -0.05) is 33.6 Å². The quantitative estimate of drug-likeness (QED) is 0.523. The first-order valence-corrected chi connectivity index (χ1v) is 9.97. The van der Waals surface area contributed by atoms with E-state index in [1.54, 1.807) is 49.6 Å². The van der Waals surface area contributed by atoms with Gasteiger partial charge >= 0.3 is 0 Å². The zero-order valence-electron chi connectivity index (χ0n) is 14.5. The van der Waals surface area contributed by atoms with Crippen LogP contribution in [0.3, 0.4) is 0 Å². The van der Waals surface area contributed by atoms with Crippen molar-refractivity contribution in [2.24, 2.45) is 0 Å². The van der Waals surface area contributed by atoms with Gasteiger partial charge in [0.05, 0.1) is 24.3 Å². The molecule has 0 saturated carbocycles. The third-order valence-electron chi connectivity index (χ3n) is 3.73. The highest BCUT2D eigenvalue weighted by Crippen LogP contribution is 2.39. The van der Waals surface area contributed by atoms with Crippen LogP contribution in [0.25, 0.3) is 6.08 Å². The van der Waals surface area contributed by atoms with Crippen LogP contribution < -0.4 is 14.4 Å². The van der Waals surface area contributed by atoms with Crippen LogP contribution in [-0.4, -0.2) is 24.9 Å². The second-order valence-corrected chi connectivity index (χ2v) is 7.74. The summed E-state index contributed by atoms with van der Waals surface area (Å²) in [6, 6.07) is 10.2. The summed E-state index contributed by atoms with van der Waals surface area (Å²) in [4.78, 5) is 26.6. The number of rotatable bonds is 5. The molecule has 0 bridgehead atoms. The van der Waals surface area contributed by atoms with Gasteiger partial charge < -0.3 is 9.47 Å². The van der Waals surface area contributed by atoms with Crippen molar-refractivity contribution < 1.29 is 19.1 Å². The Morgan fingerprint density at radius 3 is 2.67 bits per heavy atom. The number of benzene rings is 2. The van der Waals surface area contributed by atoms with E-state index >= 15 is 0 Å². The van der Waals surface area contributed by atoms with Gasteiger partial charge in [0, 0.05) is 9.50 Å². The monoisotopic (exact) mass is 467 g/mol. The number of amides is 2. The van der Waals surface area contributed by atoms with E-state index in [9.17, 15) is 9.59 Å². The average molecular weight is 469 g/mol. The summed E-state index contributed by atoms with van der Waals surface area (Å²) in [6.07, 6.45) is 1.65. The molecule has 0 atom stereocenters. The SMILES string of the molecule is CCOc1cc(C=C2SC(=O)N(c3cccc(Cl)c3)C2=O)c(Br)cc1OC. The second-order valence-electron chi connectivity index (χ2n) is 5.45. The molecule has 0 aromatic heterocycles. The van der Waals surface area contributed by atoms with Gasteiger partial charge in [-0.05, 0) is 60.7 Å². The van der Waals surface area contributed by atoms with Crippen LogP contribution in [0.4, 0.5) is 10.5 Å². The number of halogens is 2. The van der Waals surface area contributed by atoms with E-state index in [4.69, 9.17) is 21.1 Å². The van der Waals surface area contributed by atoms with Gasteiger partial charge in [0.15, 0.2) is 11.5 Å². The maximum Gasteiger partial charge on any atom is 0.298 e. The molecule has 0 spiro atoms. The van der Waals surface area contributed by atoms with E-state index in [1.807, 2.05) is 6.92 Å². The fraction of sp³-hybridized carbons (Fsp3) is 0.158. The molecule has 2 aromatic rings. The van der Waals surface area contributed by atoms with Crippen LogP contribution in [0.15, 0.2) is 45.8 Å². The van der Waals surface area contributed by atoms with Crippen LogP contribution in [-0.2, 0) is 4.79 Å². The Balaban J connectivity index is 1.97. The third kappa shape index (κ3) is 4.15. The minimum absolute atomic E-state index is 0.313. The van der Waals surface area contributed by atoms with Gasteiger partial charge in [-0.2, -0.15) is 0 Å². The molecule has 1 heterocycles. The number of imide groups is 1. The third-order valence-corrected chi connectivity index (χ3v) is 5.52. The van der Waals surface area contributed by atoms with Crippen LogP contribution in [0.1, 0.15) is 12.5 Å². The Kier molecular flexibility index (Phi) is 6.14. The van der Waals surface area contributed by atoms with Crippen molar-refractivity contribution in [3.63, 3.8) is 0 Å². The molecule has 2 aromatic carbocycles. The van der Waals surface area contributed by atoms with Crippen molar-refractivity contribution in [3.05, 3.63) is 56.4 Å². The first-order valence-electron chi connectivity index (χ1n) is 7.98. The van der Waals surface area contributed by atoms with Gasteiger partial charge in [0.2, 0.25) is 0 Å². The van der Waals surface area contributed by atoms with Gasteiger partial charge in [0.25, 0.3) is 11.1 Å². The molecule has 140 valence electrons. The van der Waals surface area contributed by atoms with E-state index in [2.05, 4.69) is 15.9 Å². The predicted molar refractivity (Wildman–Crippen MR) is 112 cm³/mol. The molecule has 1 aliphatic rings. The van der Waals surface area contributed by atoms with Crippen molar-refractivity contribution in [2.75, 3.05) is 18.6 Å². The first-order chi connectivity index (χ1) is 12.9. The summed E-state index contributed by atoms with van der Waals surface area (Å²) in [6.45, 7) is 2.35. The molecular weight excluding hydrogens is 454 g/mol. The lowest BCUT2D eigenvalue weighted by molar-refractivity contribution is -0.113. The smallest absolute Gasteiger partial charge is 0.298 e. The van der Waals surface area contributed by atoms with Crippen LogP contribution in [0, 0.1) is 0 Å². The Hall–Kier alpha value is -1.96. The lowest BCUT2D eigenvalue weighted by Gasteiger charge is -2.13. The van der Waals surface area contributed by atoms with E-state index in [0.29, 0.717) is 39.3 Å². The first kappa shape index (κ1) is 19.8. The van der Waals surface area contributed by atoms with Gasteiger partial charge in [-0.3, -0.25) is 9.59 Å². The maximum atomic E-state index is 12.8. The van der Waals surface area contributed by atoms with Gasteiger partial charge in [-0.25, -0.2) is 4.90 Å². The summed E-state index contributed by atoms with van der Waals surface area (Å²) in [5, 5.41) is 0.0815. The van der Waals surface area contributed by atoms with Crippen LogP contribution >= 0.6 is 39.3 Å². The minimum atomic E-state index is -0.395. The van der Waals surface area contributed by atoms with Gasteiger partial charge in [-0.15, -0.1) is 0 Å². The number of nitrogens with zero attached hydrogens (tertiary/aromatic N) is 1. The molecule has 27 heavy (non-hydrogen) atoms. The van der Waals surface area contributed by atoms with Crippen molar-refractivity contribution in [1.29, 1.82) is 0 Å². The molecule has 0 aliphatic carbocycles. The zero-order chi connectivity index (χ0) is 19.6. The van der Waals surface area contributed by atoms with E-state index in [0.717, 1.165) is 21.1 Å². The molecule has 0 N–H and O–H groups in total. The molecule has 1 aliphatic heterocycles. The number of thioether (sulfide) groups is 1. The number of carbonyl (C=O) groups excluding carboxylic acids is 2. The molecule has 1 saturated heterocycles. The summed E-state index contributed by atoms with van der Waals surface area (Å²) in [5.74, 6) is 0.740. The highest BCUT2D eigenvalue weighted by Gasteiger charge is 2.36. The predicted octanol–water partition coefficient (Wildman–Crippen LogP) is 5.75. The van der Waals surface area contributed by atoms with Crippen molar-refractivity contribution in [1.82, 2.24) is 0 Å². The van der Waals surface area contributed by atoms with Crippen molar-refractivity contribution in [2.45, 2.75) is 6.92 Å². The van der Waals surface area contributed by atoms with E-state index < -0.39 is 5.91 Å². The topological polar surface area (TPSA) is 55.8 Å². The number of hydrogen-bond acceptors (Lipinski definition) is 5. The Morgan fingerprint density at radius 2 is 2.00 bits per heavy atom. The number of carbonyl (C=O) groups is 2. The molecule has 1 fully saturated rings. The fourth-order valence-electron chi connectivity index (χ4n) is 2.54. The zero-order valence-corrected chi connectivity index (χ0v) is 17.7. The standard InChI is InChI=1S/C19H15BrClNO4S/c1-3-26-16-7-11(14(20)10-15(16)25-2)8-17-18(23)22(19(24)27-17)13-6-4-5-12(21)9-13/h4-10H,3H2,1-2H3. The second kappa shape index (κ2) is 8.37. The summed E-state index contributed by atoms with van der Waals surface area (Å²) in [5.41, 5.74) is 1.15. The van der Waals surface area contributed by atoms with Crippen LogP contribution in [0.2, 0.25) is 5.02 Å². The lowest BCUT2D eigenvalue weighted by atomic mass is 10.1. The number of ether oxygens (including phenoxy) is 2. The minimum Gasteiger partial charge on any atom is -0.493 e. The van der Waals surface area contributed by atoms with Crippen molar-refractivity contribution >= 4 is 62.2 Å². The lowest BCUT2D eigenvalue weighted by Crippen LogP contribution is -2.27. The fourth-order valence-corrected chi connectivity index (χ4v) is 3.99. The van der Waals surface area contributed by atoms with Crippen molar-refractivity contribution in [3.8, 4) is 11.5 Å². The Bertz CT molecular complexity index is 947. The normalized spacial score (nSPS) is 15.6. The number of methoxy groups -OCH3 is 1. The van der Waals surface area contributed by atoms with E-state index in [1.165, 1.54) is 0 Å². The summed E-state index contributed by atoms with van der Waals surface area (Å²) < 4.78 is 11.6. The summed E-state index contributed by atoms with van der Waals surface area (Å²) >= 11 is 10.3. The van der Waals surface area contributed by atoms with Gasteiger partial charge in [0.1, 0.15) is 0 Å². The van der Waals surface area contributed by atoms with E-state index in [-0.39, 0.29) is 5.24 Å². The molecule has 3 rings (SSSR count). The highest BCUT2D eigenvalue weighted by atomic mass is 79.9.